The van der Waals surface area contributed by atoms with E-state index in [2.05, 4.69) is 10.6 Å². The van der Waals surface area contributed by atoms with Crippen molar-refractivity contribution in [3.05, 3.63) is 35.6 Å². The molecule has 0 spiro atoms. The third kappa shape index (κ3) is 3.81. The Balaban J connectivity index is 1.77. The summed E-state index contributed by atoms with van der Waals surface area (Å²) in [5, 5.41) is 5.90. The van der Waals surface area contributed by atoms with Gasteiger partial charge in [0.25, 0.3) is 0 Å². The zero-order valence-corrected chi connectivity index (χ0v) is 10.6. The van der Waals surface area contributed by atoms with Crippen LogP contribution >= 0.6 is 0 Å². The molecule has 0 aliphatic heterocycles. The van der Waals surface area contributed by atoms with E-state index in [9.17, 15) is 9.18 Å². The Hall–Kier alpha value is -1.42. The minimum absolute atomic E-state index is 0.0913. The first-order valence-corrected chi connectivity index (χ1v) is 6.41. The summed E-state index contributed by atoms with van der Waals surface area (Å²) in [6.45, 7) is 2.99. The lowest BCUT2D eigenvalue weighted by atomic mass is 10.1. The Labute approximate surface area is 107 Å². The van der Waals surface area contributed by atoms with Crippen LogP contribution in [0.25, 0.3) is 0 Å². The second kappa shape index (κ2) is 5.96. The van der Waals surface area contributed by atoms with E-state index < -0.39 is 0 Å². The lowest BCUT2D eigenvalue weighted by molar-refractivity contribution is -0.120. The highest BCUT2D eigenvalue weighted by Gasteiger charge is 2.20. The van der Waals surface area contributed by atoms with Crippen LogP contribution < -0.4 is 10.6 Å². The molecule has 2 rings (SSSR count). The molecular weight excluding hydrogens is 231 g/mol. The molecule has 3 nitrogen and oxygen atoms in total. The Bertz CT molecular complexity index is 418. The number of amides is 1. The predicted molar refractivity (Wildman–Crippen MR) is 68.6 cm³/mol. The Morgan fingerprint density at radius 2 is 2.17 bits per heavy atom. The molecule has 1 saturated carbocycles. The molecule has 4 heteroatoms. The van der Waals surface area contributed by atoms with Crippen molar-refractivity contribution in [1.82, 2.24) is 10.6 Å². The van der Waals surface area contributed by atoms with Crippen molar-refractivity contribution in [2.45, 2.75) is 25.8 Å². The van der Waals surface area contributed by atoms with Gasteiger partial charge in [0.2, 0.25) is 5.91 Å². The van der Waals surface area contributed by atoms with Crippen LogP contribution in [0.2, 0.25) is 0 Å². The van der Waals surface area contributed by atoms with Gasteiger partial charge in [-0.25, -0.2) is 4.39 Å². The molecule has 1 aliphatic carbocycles. The first-order valence-electron chi connectivity index (χ1n) is 6.41. The van der Waals surface area contributed by atoms with E-state index in [0.29, 0.717) is 12.1 Å². The van der Waals surface area contributed by atoms with Gasteiger partial charge in [0.05, 0.1) is 12.6 Å². The highest BCUT2D eigenvalue weighted by atomic mass is 19.1. The van der Waals surface area contributed by atoms with Crippen molar-refractivity contribution >= 4 is 5.91 Å². The lowest BCUT2D eigenvalue weighted by Crippen LogP contribution is -2.36. The molecule has 1 atom stereocenters. The maximum absolute atomic E-state index is 13.5. The minimum Gasteiger partial charge on any atom is -0.348 e. The van der Waals surface area contributed by atoms with Crippen LogP contribution in [0.3, 0.4) is 0 Å². The summed E-state index contributed by atoms with van der Waals surface area (Å²) in [6.07, 6.45) is 2.53. The number of rotatable bonds is 6. The zero-order valence-electron chi connectivity index (χ0n) is 10.6. The van der Waals surface area contributed by atoms with E-state index in [-0.39, 0.29) is 17.8 Å². The maximum Gasteiger partial charge on any atom is 0.234 e. The van der Waals surface area contributed by atoms with Gasteiger partial charge < -0.3 is 10.6 Å². The standard InChI is InChI=1S/C14H19FN2O/c1-10(12-4-2-3-5-13(12)15)17-14(18)9-16-8-11-6-7-11/h2-5,10-11,16H,6-9H2,1H3,(H,17,18). The molecule has 1 fully saturated rings. The SMILES string of the molecule is CC(NC(=O)CNCC1CC1)c1ccccc1F. The Morgan fingerprint density at radius 3 is 2.83 bits per heavy atom. The minimum atomic E-state index is -0.304. The molecule has 0 radical (unpaired) electrons. The van der Waals surface area contributed by atoms with Gasteiger partial charge in [-0.2, -0.15) is 0 Å². The van der Waals surface area contributed by atoms with Crippen LogP contribution in [0.4, 0.5) is 4.39 Å². The summed E-state index contributed by atoms with van der Waals surface area (Å²) in [7, 11) is 0. The summed E-state index contributed by atoms with van der Waals surface area (Å²) < 4.78 is 13.5. The summed E-state index contributed by atoms with van der Waals surface area (Å²) in [4.78, 5) is 11.6. The molecule has 0 bridgehead atoms. The van der Waals surface area contributed by atoms with Crippen molar-refractivity contribution in [2.75, 3.05) is 13.1 Å². The molecule has 0 aromatic heterocycles. The molecular formula is C14H19FN2O. The van der Waals surface area contributed by atoms with Gasteiger partial charge in [0.15, 0.2) is 0 Å². The van der Waals surface area contributed by atoms with Crippen LogP contribution in [0, 0.1) is 11.7 Å². The van der Waals surface area contributed by atoms with E-state index in [0.717, 1.165) is 12.5 Å². The van der Waals surface area contributed by atoms with E-state index in [4.69, 9.17) is 0 Å². The number of benzene rings is 1. The van der Waals surface area contributed by atoms with Crippen LogP contribution in [-0.2, 0) is 4.79 Å². The van der Waals surface area contributed by atoms with Crippen LogP contribution in [-0.4, -0.2) is 19.0 Å². The first-order chi connectivity index (χ1) is 8.66. The number of hydrogen-bond donors (Lipinski definition) is 2. The second-order valence-corrected chi connectivity index (χ2v) is 4.88. The normalized spacial score (nSPS) is 16.3. The van der Waals surface area contributed by atoms with Crippen molar-refractivity contribution in [3.8, 4) is 0 Å². The molecule has 1 unspecified atom stereocenters. The lowest BCUT2D eigenvalue weighted by Gasteiger charge is -2.15. The first kappa shape index (κ1) is 13.0. The summed E-state index contributed by atoms with van der Waals surface area (Å²) in [6, 6.07) is 6.21. The number of nitrogens with one attached hydrogen (secondary N) is 2. The number of carbonyl (C=O) groups excluding carboxylic acids is 1. The van der Waals surface area contributed by atoms with Crippen molar-refractivity contribution in [1.29, 1.82) is 0 Å². The summed E-state index contributed by atoms with van der Waals surface area (Å²) in [5.41, 5.74) is 0.521. The molecule has 0 heterocycles. The van der Waals surface area contributed by atoms with Crippen molar-refractivity contribution in [3.63, 3.8) is 0 Å². The molecule has 0 saturated heterocycles. The number of carbonyl (C=O) groups is 1. The smallest absolute Gasteiger partial charge is 0.234 e. The molecule has 1 aromatic carbocycles. The van der Waals surface area contributed by atoms with E-state index in [1.165, 1.54) is 18.9 Å². The average molecular weight is 250 g/mol. The third-order valence-electron chi connectivity index (χ3n) is 3.16. The van der Waals surface area contributed by atoms with E-state index in [1.807, 2.05) is 0 Å². The van der Waals surface area contributed by atoms with Crippen molar-refractivity contribution in [2.24, 2.45) is 5.92 Å². The Morgan fingerprint density at radius 1 is 1.44 bits per heavy atom. The van der Waals surface area contributed by atoms with Crippen LogP contribution in [0.5, 0.6) is 0 Å². The fraction of sp³-hybridized carbons (Fsp3) is 0.500. The van der Waals surface area contributed by atoms with Gasteiger partial charge in [-0.1, -0.05) is 18.2 Å². The van der Waals surface area contributed by atoms with Crippen LogP contribution in [0.1, 0.15) is 31.4 Å². The largest absolute Gasteiger partial charge is 0.348 e. The third-order valence-corrected chi connectivity index (χ3v) is 3.16. The van der Waals surface area contributed by atoms with Crippen LogP contribution in [0.15, 0.2) is 24.3 Å². The van der Waals surface area contributed by atoms with Gasteiger partial charge in [-0.05, 0) is 38.3 Å². The number of hydrogen-bond acceptors (Lipinski definition) is 2. The highest BCUT2D eigenvalue weighted by Crippen LogP contribution is 2.27. The molecule has 98 valence electrons. The number of halogens is 1. The molecule has 1 amide bonds. The van der Waals surface area contributed by atoms with Gasteiger partial charge in [0, 0.05) is 5.56 Å². The topological polar surface area (TPSA) is 41.1 Å². The fourth-order valence-electron chi connectivity index (χ4n) is 1.91. The molecule has 18 heavy (non-hydrogen) atoms. The maximum atomic E-state index is 13.5. The van der Waals surface area contributed by atoms with Gasteiger partial charge >= 0.3 is 0 Å². The summed E-state index contributed by atoms with van der Waals surface area (Å²) >= 11 is 0. The molecule has 1 aromatic rings. The second-order valence-electron chi connectivity index (χ2n) is 4.88. The zero-order chi connectivity index (χ0) is 13.0. The van der Waals surface area contributed by atoms with E-state index >= 15 is 0 Å². The molecule has 1 aliphatic rings. The monoisotopic (exact) mass is 250 g/mol. The summed E-state index contributed by atoms with van der Waals surface area (Å²) in [5.74, 6) is 0.379. The van der Waals surface area contributed by atoms with Gasteiger partial charge in [-0.3, -0.25) is 4.79 Å². The van der Waals surface area contributed by atoms with Gasteiger partial charge in [0.1, 0.15) is 5.82 Å². The van der Waals surface area contributed by atoms with E-state index in [1.54, 1.807) is 25.1 Å². The highest BCUT2D eigenvalue weighted by molar-refractivity contribution is 5.78. The Kier molecular flexibility index (Phi) is 4.31. The predicted octanol–water partition coefficient (Wildman–Crippen LogP) is 2.00. The van der Waals surface area contributed by atoms with Gasteiger partial charge in [-0.15, -0.1) is 0 Å². The fourth-order valence-corrected chi connectivity index (χ4v) is 1.91. The molecule has 2 N–H and O–H groups in total. The van der Waals surface area contributed by atoms with Crippen molar-refractivity contribution < 1.29 is 9.18 Å². The quantitative estimate of drug-likeness (QED) is 0.811. The average Bonchev–Trinajstić information content (AvgIpc) is 3.13.